The molecule has 3 rings (SSSR count). The van der Waals surface area contributed by atoms with Crippen LogP contribution in [0.15, 0.2) is 30.3 Å². The number of hydrogen-bond donors (Lipinski definition) is 1. The Morgan fingerprint density at radius 3 is 2.81 bits per heavy atom. The van der Waals surface area contributed by atoms with Gasteiger partial charge in [0.25, 0.3) is 0 Å². The Balaban J connectivity index is 1.79. The lowest BCUT2D eigenvalue weighted by Crippen LogP contribution is -2.35. The van der Waals surface area contributed by atoms with Crippen molar-refractivity contribution in [1.29, 1.82) is 0 Å². The van der Waals surface area contributed by atoms with E-state index in [4.69, 9.17) is 0 Å². The van der Waals surface area contributed by atoms with Gasteiger partial charge in [-0.2, -0.15) is 11.8 Å². The van der Waals surface area contributed by atoms with Crippen LogP contribution in [0.4, 0.5) is 0 Å². The van der Waals surface area contributed by atoms with Gasteiger partial charge in [-0.05, 0) is 30.6 Å². The highest BCUT2D eigenvalue weighted by molar-refractivity contribution is 8.00. The molecule has 114 valence electrons. The van der Waals surface area contributed by atoms with Gasteiger partial charge in [-0.15, -0.1) is 0 Å². The SMILES string of the molecule is CCCC1NC(c2ccccc2)N(CC2CCCS2)C1=O. The highest BCUT2D eigenvalue weighted by Gasteiger charge is 2.40. The molecule has 1 amide bonds. The zero-order valence-corrected chi connectivity index (χ0v) is 13.4. The fourth-order valence-corrected chi connectivity index (χ4v) is 4.56. The van der Waals surface area contributed by atoms with Crippen molar-refractivity contribution in [3.8, 4) is 0 Å². The van der Waals surface area contributed by atoms with Crippen LogP contribution >= 0.6 is 11.8 Å². The molecule has 1 aromatic carbocycles. The molecule has 21 heavy (non-hydrogen) atoms. The quantitative estimate of drug-likeness (QED) is 0.907. The number of thioether (sulfide) groups is 1. The first-order valence-electron chi connectivity index (χ1n) is 8.02. The molecule has 0 saturated carbocycles. The van der Waals surface area contributed by atoms with Crippen molar-refractivity contribution in [1.82, 2.24) is 10.2 Å². The second-order valence-corrected chi connectivity index (χ2v) is 7.36. The summed E-state index contributed by atoms with van der Waals surface area (Å²) in [6.07, 6.45) is 4.55. The zero-order chi connectivity index (χ0) is 14.7. The molecule has 2 fully saturated rings. The summed E-state index contributed by atoms with van der Waals surface area (Å²) in [5.41, 5.74) is 1.20. The van der Waals surface area contributed by atoms with Crippen LogP contribution < -0.4 is 5.32 Å². The van der Waals surface area contributed by atoms with E-state index in [1.165, 1.54) is 24.2 Å². The van der Waals surface area contributed by atoms with Gasteiger partial charge in [0.1, 0.15) is 6.17 Å². The first-order chi connectivity index (χ1) is 10.3. The molecule has 0 spiro atoms. The number of rotatable bonds is 5. The molecule has 2 heterocycles. The van der Waals surface area contributed by atoms with E-state index in [-0.39, 0.29) is 12.2 Å². The Kier molecular flexibility index (Phi) is 4.86. The minimum atomic E-state index is -0.00777. The number of nitrogens with one attached hydrogen (secondary N) is 1. The Morgan fingerprint density at radius 1 is 1.33 bits per heavy atom. The standard InChI is InChI=1S/C17H24N2OS/c1-2-7-15-17(20)19(12-14-10-6-11-21-14)16(18-15)13-8-4-3-5-9-13/h3-5,8-9,14-16,18H,2,6-7,10-12H2,1H3. The Morgan fingerprint density at radius 2 is 2.14 bits per heavy atom. The molecule has 3 nitrogen and oxygen atoms in total. The van der Waals surface area contributed by atoms with Gasteiger partial charge >= 0.3 is 0 Å². The summed E-state index contributed by atoms with van der Waals surface area (Å²) in [6, 6.07) is 10.4. The van der Waals surface area contributed by atoms with Gasteiger partial charge in [-0.3, -0.25) is 10.1 Å². The lowest BCUT2D eigenvalue weighted by atomic mass is 10.1. The van der Waals surface area contributed by atoms with Crippen molar-refractivity contribution < 1.29 is 4.79 Å². The molecule has 3 atom stereocenters. The summed E-state index contributed by atoms with van der Waals surface area (Å²) in [5, 5.41) is 4.16. The highest BCUT2D eigenvalue weighted by atomic mass is 32.2. The normalized spacial score (nSPS) is 29.3. The van der Waals surface area contributed by atoms with Gasteiger partial charge in [0.2, 0.25) is 5.91 Å². The van der Waals surface area contributed by atoms with Gasteiger partial charge in [-0.1, -0.05) is 43.7 Å². The molecule has 0 radical (unpaired) electrons. The molecule has 1 N–H and O–H groups in total. The molecule has 2 aliphatic rings. The predicted molar refractivity (Wildman–Crippen MR) is 88.2 cm³/mol. The van der Waals surface area contributed by atoms with E-state index in [0.717, 1.165) is 19.4 Å². The van der Waals surface area contributed by atoms with Crippen molar-refractivity contribution in [3.05, 3.63) is 35.9 Å². The third kappa shape index (κ3) is 3.27. The van der Waals surface area contributed by atoms with Gasteiger partial charge in [0.05, 0.1) is 6.04 Å². The number of amides is 1. The minimum absolute atomic E-state index is 0.00777. The van der Waals surface area contributed by atoms with Crippen LogP contribution in [0.25, 0.3) is 0 Å². The third-order valence-electron chi connectivity index (χ3n) is 4.37. The van der Waals surface area contributed by atoms with Gasteiger partial charge < -0.3 is 4.90 Å². The predicted octanol–water partition coefficient (Wildman–Crippen LogP) is 3.18. The van der Waals surface area contributed by atoms with Crippen LogP contribution in [0.5, 0.6) is 0 Å². The van der Waals surface area contributed by atoms with E-state index in [9.17, 15) is 4.79 Å². The number of hydrogen-bond acceptors (Lipinski definition) is 3. The largest absolute Gasteiger partial charge is 0.320 e. The van der Waals surface area contributed by atoms with Crippen LogP contribution in [-0.2, 0) is 4.79 Å². The maximum Gasteiger partial charge on any atom is 0.241 e. The summed E-state index contributed by atoms with van der Waals surface area (Å²) in [5.74, 6) is 1.53. The fraction of sp³-hybridized carbons (Fsp3) is 0.588. The van der Waals surface area contributed by atoms with Crippen LogP contribution in [0.1, 0.15) is 44.3 Å². The first-order valence-corrected chi connectivity index (χ1v) is 9.07. The molecule has 3 unspecified atom stereocenters. The molecule has 2 saturated heterocycles. The maximum absolute atomic E-state index is 12.7. The summed E-state index contributed by atoms with van der Waals surface area (Å²) in [6.45, 7) is 3.03. The zero-order valence-electron chi connectivity index (χ0n) is 12.6. The van der Waals surface area contributed by atoms with Crippen molar-refractivity contribution in [2.75, 3.05) is 12.3 Å². The second-order valence-electron chi connectivity index (χ2n) is 5.95. The van der Waals surface area contributed by atoms with E-state index < -0.39 is 0 Å². The number of benzene rings is 1. The van der Waals surface area contributed by atoms with E-state index in [1.54, 1.807) is 0 Å². The van der Waals surface area contributed by atoms with E-state index in [1.807, 2.05) is 17.8 Å². The van der Waals surface area contributed by atoms with Crippen LogP contribution in [0.3, 0.4) is 0 Å². The molecule has 4 heteroatoms. The monoisotopic (exact) mass is 304 g/mol. The lowest BCUT2D eigenvalue weighted by Gasteiger charge is -2.27. The first kappa shape index (κ1) is 14.9. The van der Waals surface area contributed by atoms with Crippen molar-refractivity contribution in [2.24, 2.45) is 0 Å². The van der Waals surface area contributed by atoms with Crippen molar-refractivity contribution in [2.45, 2.75) is 50.1 Å². The molecular weight excluding hydrogens is 280 g/mol. The summed E-state index contributed by atoms with van der Waals surface area (Å²) < 4.78 is 0. The minimum Gasteiger partial charge on any atom is -0.320 e. The van der Waals surface area contributed by atoms with E-state index in [0.29, 0.717) is 11.2 Å². The van der Waals surface area contributed by atoms with E-state index >= 15 is 0 Å². The number of nitrogens with zero attached hydrogens (tertiary/aromatic N) is 1. The maximum atomic E-state index is 12.7. The Hall–Kier alpha value is -1.00. The Bertz CT molecular complexity index is 473. The molecule has 0 aromatic heterocycles. The molecule has 1 aromatic rings. The average molecular weight is 304 g/mol. The number of carbonyl (C=O) groups is 1. The van der Waals surface area contributed by atoms with Crippen molar-refractivity contribution >= 4 is 17.7 Å². The van der Waals surface area contributed by atoms with Crippen LogP contribution in [-0.4, -0.2) is 34.4 Å². The van der Waals surface area contributed by atoms with Crippen molar-refractivity contribution in [3.63, 3.8) is 0 Å². The molecule has 0 bridgehead atoms. The van der Waals surface area contributed by atoms with Crippen LogP contribution in [0.2, 0.25) is 0 Å². The molecule has 2 aliphatic heterocycles. The van der Waals surface area contributed by atoms with Gasteiger partial charge in [0.15, 0.2) is 0 Å². The molecule has 0 aliphatic carbocycles. The lowest BCUT2D eigenvalue weighted by molar-refractivity contribution is -0.130. The van der Waals surface area contributed by atoms with Crippen LogP contribution in [0, 0.1) is 0 Å². The van der Waals surface area contributed by atoms with Gasteiger partial charge in [-0.25, -0.2) is 0 Å². The Labute approximate surface area is 131 Å². The third-order valence-corrected chi connectivity index (χ3v) is 5.75. The number of carbonyl (C=O) groups excluding carboxylic acids is 1. The summed E-state index contributed by atoms with van der Waals surface area (Å²) in [7, 11) is 0. The second kappa shape index (κ2) is 6.84. The smallest absolute Gasteiger partial charge is 0.241 e. The molecular formula is C17H24N2OS. The van der Waals surface area contributed by atoms with Gasteiger partial charge in [0, 0.05) is 11.8 Å². The summed E-state index contributed by atoms with van der Waals surface area (Å²) in [4.78, 5) is 14.8. The topological polar surface area (TPSA) is 32.3 Å². The summed E-state index contributed by atoms with van der Waals surface area (Å²) >= 11 is 2.02. The average Bonchev–Trinajstić information content (AvgIpc) is 3.12. The fourth-order valence-electron chi connectivity index (χ4n) is 3.29. The highest BCUT2D eigenvalue weighted by Crippen LogP contribution is 2.32. The van der Waals surface area contributed by atoms with E-state index in [2.05, 4.69) is 41.4 Å².